The minimum Gasteiger partial charge on any atom is -0.494 e. The van der Waals surface area contributed by atoms with E-state index in [1.807, 2.05) is 32.9 Å². The Morgan fingerprint density at radius 1 is 1.09 bits per heavy atom. The molecule has 0 saturated carbocycles. The van der Waals surface area contributed by atoms with E-state index < -0.39 is 0 Å². The Kier molecular flexibility index (Phi) is 8.98. The normalized spacial score (nSPS) is 13.9. The van der Waals surface area contributed by atoms with Gasteiger partial charge in [-0.1, -0.05) is 23.1 Å². The molecule has 0 spiro atoms. The third kappa shape index (κ3) is 7.27. The van der Waals surface area contributed by atoms with E-state index in [2.05, 4.69) is 20.4 Å². The molecule has 11 heteroatoms. The van der Waals surface area contributed by atoms with Crippen molar-refractivity contribution < 1.29 is 19.1 Å². The van der Waals surface area contributed by atoms with E-state index in [0.717, 1.165) is 15.2 Å². The Bertz CT molecular complexity index is 883. The maximum absolute atomic E-state index is 12.5. The Labute approximate surface area is 196 Å². The van der Waals surface area contributed by atoms with Crippen molar-refractivity contribution in [2.45, 2.75) is 31.2 Å². The first kappa shape index (κ1) is 24.1. The van der Waals surface area contributed by atoms with Gasteiger partial charge >= 0.3 is 0 Å². The molecule has 2 amide bonds. The van der Waals surface area contributed by atoms with Gasteiger partial charge in [0.1, 0.15) is 11.5 Å². The zero-order valence-electron chi connectivity index (χ0n) is 18.6. The molecule has 9 nitrogen and oxygen atoms in total. The van der Waals surface area contributed by atoms with Gasteiger partial charge < -0.3 is 24.6 Å². The van der Waals surface area contributed by atoms with Crippen LogP contribution in [0.1, 0.15) is 20.8 Å². The molecule has 1 fully saturated rings. The number of aromatic nitrogens is 2. The molecule has 1 aromatic heterocycles. The molecule has 0 radical (unpaired) electrons. The van der Waals surface area contributed by atoms with Gasteiger partial charge in [-0.05, 0) is 45.0 Å². The van der Waals surface area contributed by atoms with Gasteiger partial charge in [0.2, 0.25) is 11.0 Å². The summed E-state index contributed by atoms with van der Waals surface area (Å²) < 4.78 is 11.8. The quantitative estimate of drug-likeness (QED) is 0.519. The maximum Gasteiger partial charge on any atom is 0.260 e. The molecule has 0 aliphatic carbocycles. The number of thioether (sulfide) groups is 1. The fourth-order valence-corrected chi connectivity index (χ4v) is 4.77. The van der Waals surface area contributed by atoms with E-state index in [1.54, 1.807) is 17.0 Å². The summed E-state index contributed by atoms with van der Waals surface area (Å²) in [6.07, 6.45) is 0. The third-order valence-corrected chi connectivity index (χ3v) is 6.69. The van der Waals surface area contributed by atoms with Crippen LogP contribution in [0.3, 0.4) is 0 Å². The Balaban J connectivity index is 1.40. The summed E-state index contributed by atoms with van der Waals surface area (Å²) in [6.45, 7) is 8.98. The fourth-order valence-electron chi connectivity index (χ4n) is 3.06. The van der Waals surface area contributed by atoms with Crippen molar-refractivity contribution in [3.8, 4) is 11.5 Å². The zero-order chi connectivity index (χ0) is 22.9. The molecule has 2 aromatic rings. The van der Waals surface area contributed by atoms with Crippen LogP contribution in [0.25, 0.3) is 0 Å². The van der Waals surface area contributed by atoms with Crippen molar-refractivity contribution >= 4 is 40.0 Å². The van der Waals surface area contributed by atoms with Crippen LogP contribution in [0.5, 0.6) is 11.5 Å². The van der Waals surface area contributed by atoms with Crippen LogP contribution in [0.15, 0.2) is 28.6 Å². The molecular weight excluding hydrogens is 450 g/mol. The van der Waals surface area contributed by atoms with Crippen LogP contribution < -0.4 is 19.7 Å². The van der Waals surface area contributed by atoms with E-state index in [0.29, 0.717) is 44.3 Å². The molecular formula is C21H29N5O4S2. The fraction of sp³-hybridized carbons (Fsp3) is 0.524. The van der Waals surface area contributed by atoms with Gasteiger partial charge in [-0.3, -0.25) is 9.59 Å². The van der Waals surface area contributed by atoms with Gasteiger partial charge in [0.05, 0.1) is 12.4 Å². The van der Waals surface area contributed by atoms with Gasteiger partial charge in [0, 0.05) is 32.2 Å². The highest BCUT2D eigenvalue weighted by atomic mass is 32.2. The molecule has 174 valence electrons. The molecule has 3 rings (SSSR count). The number of carbonyl (C=O) groups is 2. The number of hydrogen-bond acceptors (Lipinski definition) is 9. The number of amides is 2. The number of nitrogens with zero attached hydrogens (tertiary/aromatic N) is 4. The molecule has 1 aromatic carbocycles. The highest BCUT2D eigenvalue weighted by Gasteiger charge is 2.24. The standard InChI is InChI=1S/C21H29N5O4S2/c1-4-29-16-5-7-17(8-6-16)30-13-19(28)25-9-11-26(12-10-25)20-23-24-21(32-20)31-14-18(27)22-15(2)3/h5-8,15H,4,9-14H2,1-3H3,(H,22,27). The summed E-state index contributed by atoms with van der Waals surface area (Å²) in [5, 5.41) is 12.1. The summed E-state index contributed by atoms with van der Waals surface area (Å²) in [7, 11) is 0. The molecule has 1 aliphatic rings. The molecule has 2 heterocycles. The van der Waals surface area contributed by atoms with E-state index in [9.17, 15) is 9.59 Å². The number of anilines is 1. The third-order valence-electron chi connectivity index (χ3n) is 4.57. The minimum absolute atomic E-state index is 0.00597. The van der Waals surface area contributed by atoms with E-state index in [4.69, 9.17) is 9.47 Å². The van der Waals surface area contributed by atoms with Gasteiger partial charge in [-0.25, -0.2) is 0 Å². The molecule has 1 N–H and O–H groups in total. The predicted octanol–water partition coefficient (Wildman–Crippen LogP) is 2.28. The first-order valence-corrected chi connectivity index (χ1v) is 12.4. The zero-order valence-corrected chi connectivity index (χ0v) is 20.2. The van der Waals surface area contributed by atoms with Gasteiger partial charge in [0.25, 0.3) is 5.91 Å². The van der Waals surface area contributed by atoms with Crippen molar-refractivity contribution in [2.75, 3.05) is 50.0 Å². The lowest BCUT2D eigenvalue weighted by atomic mass is 10.3. The average Bonchev–Trinajstić information content (AvgIpc) is 3.26. The Hall–Kier alpha value is -2.53. The predicted molar refractivity (Wildman–Crippen MR) is 126 cm³/mol. The van der Waals surface area contributed by atoms with Crippen molar-refractivity contribution in [3.05, 3.63) is 24.3 Å². The molecule has 1 saturated heterocycles. The molecule has 32 heavy (non-hydrogen) atoms. The second-order valence-electron chi connectivity index (χ2n) is 7.42. The lowest BCUT2D eigenvalue weighted by Gasteiger charge is -2.34. The van der Waals surface area contributed by atoms with Gasteiger partial charge in [-0.15, -0.1) is 10.2 Å². The first-order chi connectivity index (χ1) is 15.4. The summed E-state index contributed by atoms with van der Waals surface area (Å²) in [5.41, 5.74) is 0. The van der Waals surface area contributed by atoms with E-state index in [1.165, 1.54) is 23.1 Å². The molecule has 1 aliphatic heterocycles. The van der Waals surface area contributed by atoms with Crippen LogP contribution in [-0.2, 0) is 9.59 Å². The Morgan fingerprint density at radius 2 is 1.75 bits per heavy atom. The monoisotopic (exact) mass is 479 g/mol. The highest BCUT2D eigenvalue weighted by molar-refractivity contribution is 8.01. The topological polar surface area (TPSA) is 96.9 Å². The van der Waals surface area contributed by atoms with Crippen LogP contribution >= 0.6 is 23.1 Å². The van der Waals surface area contributed by atoms with Crippen LogP contribution in [-0.4, -0.2) is 78.1 Å². The molecule has 0 bridgehead atoms. The van der Waals surface area contributed by atoms with Gasteiger partial charge in [-0.2, -0.15) is 0 Å². The number of benzene rings is 1. The average molecular weight is 480 g/mol. The first-order valence-electron chi connectivity index (χ1n) is 10.6. The SMILES string of the molecule is CCOc1ccc(OCC(=O)N2CCN(c3nnc(SCC(=O)NC(C)C)s3)CC2)cc1. The second-order valence-corrected chi connectivity index (χ2v) is 9.60. The van der Waals surface area contributed by atoms with Crippen LogP contribution in [0.4, 0.5) is 5.13 Å². The van der Waals surface area contributed by atoms with Crippen LogP contribution in [0, 0.1) is 0 Å². The summed E-state index contributed by atoms with van der Waals surface area (Å²) >= 11 is 2.86. The van der Waals surface area contributed by atoms with Gasteiger partial charge in [0.15, 0.2) is 10.9 Å². The largest absolute Gasteiger partial charge is 0.494 e. The molecule has 0 unspecified atom stereocenters. The summed E-state index contributed by atoms with van der Waals surface area (Å²) in [6, 6.07) is 7.38. The second kappa shape index (κ2) is 11.9. The van der Waals surface area contributed by atoms with Crippen molar-refractivity contribution in [1.29, 1.82) is 0 Å². The number of carbonyl (C=O) groups excluding carboxylic acids is 2. The number of rotatable bonds is 10. The van der Waals surface area contributed by atoms with E-state index in [-0.39, 0.29) is 24.5 Å². The number of ether oxygens (including phenoxy) is 2. The number of piperazine rings is 1. The smallest absolute Gasteiger partial charge is 0.260 e. The lowest BCUT2D eigenvalue weighted by Crippen LogP contribution is -2.50. The van der Waals surface area contributed by atoms with E-state index >= 15 is 0 Å². The lowest BCUT2D eigenvalue weighted by molar-refractivity contribution is -0.133. The Morgan fingerprint density at radius 3 is 2.38 bits per heavy atom. The van der Waals surface area contributed by atoms with Crippen molar-refractivity contribution in [1.82, 2.24) is 20.4 Å². The summed E-state index contributed by atoms with van der Waals surface area (Å²) in [5.74, 6) is 1.69. The van der Waals surface area contributed by atoms with Crippen LogP contribution in [0.2, 0.25) is 0 Å². The minimum atomic E-state index is -0.0387. The van der Waals surface area contributed by atoms with Crippen molar-refractivity contribution in [3.63, 3.8) is 0 Å². The molecule has 0 atom stereocenters. The summed E-state index contributed by atoms with van der Waals surface area (Å²) in [4.78, 5) is 28.2. The number of nitrogens with one attached hydrogen (secondary N) is 1. The maximum atomic E-state index is 12.5. The van der Waals surface area contributed by atoms with Crippen molar-refractivity contribution in [2.24, 2.45) is 0 Å². The number of hydrogen-bond donors (Lipinski definition) is 1. The highest BCUT2D eigenvalue weighted by Crippen LogP contribution is 2.28.